The van der Waals surface area contributed by atoms with Crippen molar-refractivity contribution >= 4 is 35.0 Å². The number of anilines is 2. The van der Waals surface area contributed by atoms with E-state index < -0.39 is 58.4 Å². The first-order valence-electron chi connectivity index (χ1n) is 10.9. The third-order valence-electron chi connectivity index (χ3n) is 5.07. The van der Waals surface area contributed by atoms with Gasteiger partial charge in [0.15, 0.2) is 0 Å². The number of rotatable bonds is 6. The number of hydrogen-bond acceptors (Lipinski definition) is 6. The molecule has 0 aliphatic heterocycles. The largest absolute Gasteiger partial charge is 0.451 e. The summed E-state index contributed by atoms with van der Waals surface area (Å²) in [7, 11) is 0. The first-order valence-corrected chi connectivity index (χ1v) is 10.9. The Morgan fingerprint density at radius 1 is 0.500 bits per heavy atom. The first-order chi connectivity index (χ1) is 17.8. The monoisotopic (exact) mass is 532 g/mol. The van der Waals surface area contributed by atoms with Crippen molar-refractivity contribution in [2.75, 3.05) is 9.80 Å². The number of imide groups is 2. The van der Waals surface area contributed by atoms with Gasteiger partial charge in [-0.25, -0.2) is 0 Å². The van der Waals surface area contributed by atoms with E-state index in [9.17, 15) is 36.7 Å². The Hall–Kier alpha value is -4.74. The number of carbonyl (C=O) groups is 4. The van der Waals surface area contributed by atoms with E-state index in [-0.39, 0.29) is 22.9 Å². The van der Waals surface area contributed by atoms with E-state index in [1.54, 1.807) is 0 Å². The summed E-state index contributed by atoms with van der Waals surface area (Å²) in [5.41, 5.74) is 0.278. The SMILES string of the molecule is CC(=O)N(C(C)=O)c1ccc(Oc2c(F)c(F)c(Oc3ccc(N(C(C)=O)C(C)=O)cc3)c(F)c2F)cc1. The molecule has 0 aliphatic carbocycles. The molecule has 0 heterocycles. The highest BCUT2D eigenvalue weighted by molar-refractivity contribution is 6.13. The quantitative estimate of drug-likeness (QED) is 0.302. The fraction of sp³-hybridized carbons (Fsp3) is 0.154. The highest BCUT2D eigenvalue weighted by Gasteiger charge is 2.29. The molecule has 0 saturated carbocycles. The minimum atomic E-state index is -1.88. The molecule has 0 N–H and O–H groups in total. The average Bonchev–Trinajstić information content (AvgIpc) is 2.84. The van der Waals surface area contributed by atoms with Crippen LogP contribution in [-0.4, -0.2) is 23.6 Å². The maximum atomic E-state index is 14.7. The van der Waals surface area contributed by atoms with E-state index in [0.717, 1.165) is 61.8 Å². The summed E-state index contributed by atoms with van der Waals surface area (Å²) < 4.78 is 68.8. The summed E-state index contributed by atoms with van der Waals surface area (Å²) in [6.07, 6.45) is 0. The highest BCUT2D eigenvalue weighted by atomic mass is 19.2. The molecule has 0 aliphatic rings. The molecule has 3 aromatic rings. The van der Waals surface area contributed by atoms with Crippen molar-refractivity contribution in [1.29, 1.82) is 0 Å². The van der Waals surface area contributed by atoms with Gasteiger partial charge in [-0.1, -0.05) is 0 Å². The molecular weight excluding hydrogens is 512 g/mol. The fourth-order valence-corrected chi connectivity index (χ4v) is 3.50. The second-order valence-electron chi connectivity index (χ2n) is 7.85. The van der Waals surface area contributed by atoms with Crippen LogP contribution >= 0.6 is 0 Å². The van der Waals surface area contributed by atoms with Gasteiger partial charge in [0.2, 0.25) is 58.4 Å². The predicted octanol–water partition coefficient (Wildman–Crippen LogP) is 5.63. The summed E-state index contributed by atoms with van der Waals surface area (Å²) in [5.74, 6) is -13.1. The van der Waals surface area contributed by atoms with Crippen molar-refractivity contribution in [3.63, 3.8) is 0 Å². The van der Waals surface area contributed by atoms with E-state index >= 15 is 0 Å². The van der Waals surface area contributed by atoms with E-state index in [2.05, 4.69) is 0 Å². The maximum Gasteiger partial charge on any atom is 0.230 e. The standard InChI is InChI=1S/C26H20F4N2O6/c1-13(33)31(14(2)34)17-5-9-19(10-6-17)37-25-21(27)23(29)26(24(30)22(25)28)38-20-11-7-18(8-12-20)32(15(3)35)16(4)36/h5-12H,1-4H3. The molecule has 8 nitrogen and oxygen atoms in total. The van der Waals surface area contributed by atoms with Crippen LogP contribution in [0.4, 0.5) is 28.9 Å². The highest BCUT2D eigenvalue weighted by Crippen LogP contribution is 2.39. The smallest absolute Gasteiger partial charge is 0.230 e. The van der Waals surface area contributed by atoms with Crippen LogP contribution < -0.4 is 19.3 Å². The molecule has 0 fully saturated rings. The van der Waals surface area contributed by atoms with Crippen molar-refractivity contribution < 1.29 is 46.2 Å². The number of carbonyl (C=O) groups excluding carboxylic acids is 4. The van der Waals surface area contributed by atoms with Gasteiger partial charge in [-0.3, -0.25) is 29.0 Å². The van der Waals surface area contributed by atoms with Crippen LogP contribution in [0.15, 0.2) is 48.5 Å². The zero-order valence-corrected chi connectivity index (χ0v) is 20.5. The molecule has 4 amide bonds. The molecule has 0 radical (unpaired) electrons. The third-order valence-corrected chi connectivity index (χ3v) is 5.07. The van der Waals surface area contributed by atoms with Crippen molar-refractivity contribution in [3.05, 3.63) is 71.8 Å². The lowest BCUT2D eigenvalue weighted by atomic mass is 10.2. The minimum Gasteiger partial charge on any atom is -0.451 e. The minimum absolute atomic E-state index is 0.139. The Labute approximate surface area is 214 Å². The lowest BCUT2D eigenvalue weighted by Gasteiger charge is -2.18. The van der Waals surface area contributed by atoms with Gasteiger partial charge in [-0.2, -0.15) is 17.6 Å². The summed E-state index contributed by atoms with van der Waals surface area (Å²) in [6, 6.07) is 9.51. The van der Waals surface area contributed by atoms with Gasteiger partial charge in [0.1, 0.15) is 11.5 Å². The lowest BCUT2D eigenvalue weighted by molar-refractivity contribution is -0.125. The second-order valence-corrected chi connectivity index (χ2v) is 7.85. The zero-order chi connectivity index (χ0) is 28.3. The number of hydrogen-bond donors (Lipinski definition) is 0. The summed E-state index contributed by atoms with van der Waals surface area (Å²) in [4.78, 5) is 48.2. The van der Waals surface area contributed by atoms with Crippen molar-refractivity contribution in [3.8, 4) is 23.0 Å². The predicted molar refractivity (Wildman–Crippen MR) is 127 cm³/mol. The molecule has 12 heteroatoms. The summed E-state index contributed by atoms with van der Waals surface area (Å²) >= 11 is 0. The molecule has 3 rings (SSSR count). The van der Waals surface area contributed by atoms with Gasteiger partial charge in [-0.05, 0) is 48.5 Å². The number of amides is 4. The third kappa shape index (κ3) is 5.64. The van der Waals surface area contributed by atoms with Crippen LogP contribution in [0.5, 0.6) is 23.0 Å². The number of nitrogens with zero attached hydrogens (tertiary/aromatic N) is 2. The second kappa shape index (κ2) is 11.1. The van der Waals surface area contributed by atoms with E-state index in [1.165, 1.54) is 24.3 Å². The Morgan fingerprint density at radius 3 is 0.947 bits per heavy atom. The molecule has 0 spiro atoms. The van der Waals surface area contributed by atoms with Gasteiger partial charge in [0.05, 0.1) is 11.4 Å². The molecule has 0 atom stereocenters. The molecule has 198 valence electrons. The summed E-state index contributed by atoms with van der Waals surface area (Å²) in [5, 5.41) is 0. The normalized spacial score (nSPS) is 10.5. The molecule has 38 heavy (non-hydrogen) atoms. The zero-order valence-electron chi connectivity index (χ0n) is 20.5. The Balaban J connectivity index is 1.88. The van der Waals surface area contributed by atoms with Crippen molar-refractivity contribution in [1.82, 2.24) is 0 Å². The van der Waals surface area contributed by atoms with Crippen LogP contribution in [0.1, 0.15) is 27.7 Å². The van der Waals surface area contributed by atoms with Crippen LogP contribution in [0.3, 0.4) is 0 Å². The Kier molecular flexibility index (Phi) is 8.14. The first kappa shape index (κ1) is 27.8. The van der Waals surface area contributed by atoms with Gasteiger partial charge in [-0.15, -0.1) is 0 Å². The number of ether oxygens (including phenoxy) is 2. The van der Waals surface area contributed by atoms with Crippen LogP contribution in [0, 0.1) is 23.3 Å². The van der Waals surface area contributed by atoms with Crippen LogP contribution in [0.2, 0.25) is 0 Å². The maximum absolute atomic E-state index is 14.7. The topological polar surface area (TPSA) is 93.2 Å². The van der Waals surface area contributed by atoms with Crippen LogP contribution in [0.25, 0.3) is 0 Å². The Morgan fingerprint density at radius 2 is 0.737 bits per heavy atom. The molecular formula is C26H20F4N2O6. The lowest BCUT2D eigenvalue weighted by Crippen LogP contribution is -2.32. The Bertz CT molecular complexity index is 1260. The summed E-state index contributed by atoms with van der Waals surface area (Å²) in [6.45, 7) is 4.64. The van der Waals surface area contributed by atoms with E-state index in [4.69, 9.17) is 9.47 Å². The molecule has 0 unspecified atom stereocenters. The van der Waals surface area contributed by atoms with E-state index in [0.29, 0.717) is 0 Å². The number of halogens is 4. The number of benzene rings is 3. The van der Waals surface area contributed by atoms with Crippen LogP contribution in [-0.2, 0) is 19.2 Å². The van der Waals surface area contributed by atoms with Gasteiger partial charge >= 0.3 is 0 Å². The molecule has 0 aromatic heterocycles. The van der Waals surface area contributed by atoms with E-state index in [1.807, 2.05) is 0 Å². The van der Waals surface area contributed by atoms with Crippen molar-refractivity contribution in [2.45, 2.75) is 27.7 Å². The van der Waals surface area contributed by atoms with Gasteiger partial charge < -0.3 is 9.47 Å². The fourth-order valence-electron chi connectivity index (χ4n) is 3.50. The average molecular weight is 532 g/mol. The van der Waals surface area contributed by atoms with Gasteiger partial charge in [0, 0.05) is 27.7 Å². The van der Waals surface area contributed by atoms with Gasteiger partial charge in [0.25, 0.3) is 0 Å². The molecule has 3 aromatic carbocycles. The molecule has 0 bridgehead atoms. The molecule has 0 saturated heterocycles. The van der Waals surface area contributed by atoms with Crippen molar-refractivity contribution in [2.24, 2.45) is 0 Å².